The third-order valence-electron chi connectivity index (χ3n) is 12.2. The Bertz CT molecular complexity index is 1980. The number of hydrogen-bond donors (Lipinski definition) is 1. The zero-order valence-electron chi connectivity index (χ0n) is 51.4. The summed E-state index contributed by atoms with van der Waals surface area (Å²) >= 11 is 0. The predicted molar refractivity (Wildman–Crippen MR) is 345 cm³/mol. The highest BCUT2D eigenvalue weighted by Gasteiger charge is 2.25. The fraction of sp³-hybridized carbons (Fsp3) is 0.542. The largest absolute Gasteiger partial charge is 0.477 e. The number of allylic oxidation sites excluding steroid dienone is 30. The van der Waals surface area contributed by atoms with Gasteiger partial charge in [0.05, 0.1) is 34.4 Å². The van der Waals surface area contributed by atoms with Crippen LogP contribution in [0.5, 0.6) is 0 Å². The summed E-state index contributed by atoms with van der Waals surface area (Å²) in [6.07, 6.45) is 89.9. The van der Waals surface area contributed by atoms with E-state index in [1.165, 1.54) is 19.3 Å². The number of carboxylic acid groups (broad SMARTS) is 1. The molecule has 0 aliphatic heterocycles. The second-order valence-electron chi connectivity index (χ2n) is 20.9. The lowest BCUT2D eigenvalue weighted by Crippen LogP contribution is -2.40. The van der Waals surface area contributed by atoms with Crippen LogP contribution in [0, 0.1) is 0 Å². The molecular formula is C72H112NO8+. The molecule has 9 nitrogen and oxygen atoms in total. The van der Waals surface area contributed by atoms with Gasteiger partial charge in [0.15, 0.2) is 6.10 Å². The molecular weight excluding hydrogens is 1010 g/mol. The number of carbonyl (C=O) groups is 3. The van der Waals surface area contributed by atoms with Crippen molar-refractivity contribution < 1.29 is 42.9 Å². The number of carboxylic acids is 1. The van der Waals surface area contributed by atoms with Crippen molar-refractivity contribution in [2.24, 2.45) is 0 Å². The molecule has 0 aromatic heterocycles. The van der Waals surface area contributed by atoms with Gasteiger partial charge in [-0.3, -0.25) is 9.59 Å². The van der Waals surface area contributed by atoms with Crippen LogP contribution >= 0.6 is 0 Å². The van der Waals surface area contributed by atoms with Crippen LogP contribution in [0.4, 0.5) is 0 Å². The van der Waals surface area contributed by atoms with Gasteiger partial charge in [0.25, 0.3) is 6.29 Å². The molecule has 0 aromatic rings. The molecule has 0 rings (SSSR count). The second-order valence-corrected chi connectivity index (χ2v) is 20.9. The summed E-state index contributed by atoms with van der Waals surface area (Å²) in [7, 11) is 5.93. The highest BCUT2D eigenvalue weighted by molar-refractivity contribution is 5.71. The van der Waals surface area contributed by atoms with E-state index in [1.54, 1.807) is 0 Å². The summed E-state index contributed by atoms with van der Waals surface area (Å²) in [6, 6.07) is 0. The minimum Gasteiger partial charge on any atom is -0.477 e. The fourth-order valence-electron chi connectivity index (χ4n) is 7.48. The number of hydrogen-bond acceptors (Lipinski definition) is 7. The predicted octanol–water partition coefficient (Wildman–Crippen LogP) is 18.9. The maximum Gasteiger partial charge on any atom is 0.361 e. The fourth-order valence-corrected chi connectivity index (χ4v) is 7.48. The van der Waals surface area contributed by atoms with E-state index in [4.69, 9.17) is 18.9 Å². The number of ether oxygens (including phenoxy) is 4. The van der Waals surface area contributed by atoms with E-state index in [9.17, 15) is 19.5 Å². The van der Waals surface area contributed by atoms with Crippen LogP contribution in [0.3, 0.4) is 0 Å². The quantitative estimate of drug-likeness (QED) is 0.0211. The molecule has 0 amide bonds. The Morgan fingerprint density at radius 3 is 1.01 bits per heavy atom. The number of quaternary nitrogens is 1. The average molecular weight is 1120 g/mol. The van der Waals surface area contributed by atoms with Crippen molar-refractivity contribution in [2.75, 3.05) is 47.5 Å². The van der Waals surface area contributed by atoms with E-state index in [1.807, 2.05) is 21.1 Å². The van der Waals surface area contributed by atoms with Crippen molar-refractivity contribution in [3.05, 3.63) is 182 Å². The van der Waals surface area contributed by atoms with Crippen molar-refractivity contribution in [1.82, 2.24) is 0 Å². The molecule has 0 aromatic carbocycles. The monoisotopic (exact) mass is 1120 g/mol. The summed E-state index contributed by atoms with van der Waals surface area (Å²) in [5.41, 5.74) is 0. The van der Waals surface area contributed by atoms with Gasteiger partial charge in [-0.2, -0.15) is 0 Å². The summed E-state index contributed by atoms with van der Waals surface area (Å²) < 4.78 is 22.8. The molecule has 2 atom stereocenters. The molecule has 81 heavy (non-hydrogen) atoms. The number of aliphatic carboxylic acids is 1. The maximum absolute atomic E-state index is 12.9. The Labute approximate surface area is 494 Å². The van der Waals surface area contributed by atoms with Crippen molar-refractivity contribution in [3.8, 4) is 0 Å². The summed E-state index contributed by atoms with van der Waals surface area (Å²) in [6.45, 7) is 4.55. The Morgan fingerprint density at radius 2 is 0.667 bits per heavy atom. The highest BCUT2D eigenvalue weighted by atomic mass is 16.7. The van der Waals surface area contributed by atoms with Crippen LogP contribution < -0.4 is 0 Å². The van der Waals surface area contributed by atoms with Gasteiger partial charge in [0.2, 0.25) is 0 Å². The number of rotatable bonds is 54. The summed E-state index contributed by atoms with van der Waals surface area (Å²) in [4.78, 5) is 37.4. The minimum absolute atomic E-state index is 0.167. The number of likely N-dealkylation sites (N-methyl/N-ethyl adjacent to an activating group) is 1. The zero-order chi connectivity index (χ0) is 59.1. The third-order valence-corrected chi connectivity index (χ3v) is 12.2. The molecule has 0 fully saturated rings. The van der Waals surface area contributed by atoms with Crippen LogP contribution in [-0.2, 0) is 33.3 Å². The maximum atomic E-state index is 12.9. The topological polar surface area (TPSA) is 108 Å². The lowest BCUT2D eigenvalue weighted by molar-refractivity contribution is -0.870. The summed E-state index contributed by atoms with van der Waals surface area (Å²) in [5, 5.41) is 9.70. The molecule has 0 heterocycles. The van der Waals surface area contributed by atoms with Crippen molar-refractivity contribution in [3.63, 3.8) is 0 Å². The second kappa shape index (κ2) is 60.5. The standard InChI is InChI=1S/C72H111NO8/c1-6-8-10-12-14-16-18-20-22-24-25-26-27-28-29-30-31-32-33-34-35-36-37-38-39-40-41-42-43-44-45-47-49-51-53-55-57-59-61-63-70(75)81-68(67-80-72(71(76)77)78-65-64-73(3,4)5)66-79-69(74)62-60-58-56-54-52-50-48-46-23-21-19-17-15-13-11-9-7-2/h8-11,14-17,20-23,25-26,28-29,31-32,34-35,37-38,40-41,43-44,47,49,53,55,68,72H,6-7,12-13,18-19,24,27,30,33,36,39,42,45-46,48,50-52,54,56-67H2,1-5H3/p+1/b10-8-,11-9-,16-14-,17-15-,22-20-,23-21-,26-25-,29-28-,32-31-,35-34-,38-37-,41-40-,44-43-,49-47-,55-53-. The van der Waals surface area contributed by atoms with Crippen molar-refractivity contribution >= 4 is 17.9 Å². The van der Waals surface area contributed by atoms with E-state index in [0.29, 0.717) is 17.4 Å². The van der Waals surface area contributed by atoms with Gasteiger partial charge in [-0.15, -0.1) is 0 Å². The van der Waals surface area contributed by atoms with Gasteiger partial charge in [0, 0.05) is 12.8 Å². The molecule has 0 saturated heterocycles. The molecule has 0 bridgehead atoms. The van der Waals surface area contributed by atoms with Gasteiger partial charge in [0.1, 0.15) is 13.2 Å². The Hall–Kier alpha value is -5.61. The third kappa shape index (κ3) is 61.9. The molecule has 0 spiro atoms. The Morgan fingerprint density at radius 1 is 0.370 bits per heavy atom. The molecule has 0 saturated carbocycles. The number of carbonyl (C=O) groups excluding carboxylic acids is 2. The summed E-state index contributed by atoms with van der Waals surface area (Å²) in [5.74, 6) is -2.10. The molecule has 2 unspecified atom stereocenters. The number of esters is 2. The molecule has 9 heteroatoms. The van der Waals surface area contributed by atoms with Gasteiger partial charge >= 0.3 is 17.9 Å². The lowest BCUT2D eigenvalue weighted by Gasteiger charge is -2.25. The minimum atomic E-state index is -1.54. The van der Waals surface area contributed by atoms with Crippen LogP contribution in [-0.4, -0.2) is 87.4 Å². The van der Waals surface area contributed by atoms with E-state index in [0.717, 1.165) is 141 Å². The Kier molecular flexibility index (Phi) is 56.3. The molecule has 0 aliphatic carbocycles. The van der Waals surface area contributed by atoms with Gasteiger partial charge < -0.3 is 28.5 Å². The van der Waals surface area contributed by atoms with E-state index >= 15 is 0 Å². The molecule has 1 N–H and O–H groups in total. The SMILES string of the molecule is CC/C=C\C/C=C\C/C=C\C/C=C\C/C=C\C/C=C\C/C=C\C/C=C\C/C=C\C/C=C\C/C=C\C/C=C\CCCCC(=O)OC(COC(=O)CCCCCCCCC/C=C\C/C=C\C/C=C\CC)COC(OCC[N+](C)(C)C)C(=O)O. The van der Waals surface area contributed by atoms with Crippen molar-refractivity contribution in [1.29, 1.82) is 0 Å². The average Bonchev–Trinajstić information content (AvgIpc) is 3.44. The molecule has 0 aliphatic rings. The first-order valence-corrected chi connectivity index (χ1v) is 30.9. The molecule has 452 valence electrons. The van der Waals surface area contributed by atoms with Crippen LogP contribution in [0.1, 0.15) is 194 Å². The van der Waals surface area contributed by atoms with Gasteiger partial charge in [-0.25, -0.2) is 4.79 Å². The normalized spacial score (nSPS) is 14.0. The zero-order valence-corrected chi connectivity index (χ0v) is 51.4. The van der Waals surface area contributed by atoms with Gasteiger partial charge in [-0.1, -0.05) is 228 Å². The van der Waals surface area contributed by atoms with E-state index in [-0.39, 0.29) is 38.6 Å². The van der Waals surface area contributed by atoms with Gasteiger partial charge in [-0.05, 0) is 135 Å². The Balaban J connectivity index is 4.33. The first-order valence-electron chi connectivity index (χ1n) is 30.9. The number of nitrogens with zero attached hydrogens (tertiary/aromatic N) is 1. The van der Waals surface area contributed by atoms with Crippen molar-refractivity contribution in [2.45, 2.75) is 206 Å². The first kappa shape index (κ1) is 75.4. The lowest BCUT2D eigenvalue weighted by atomic mass is 10.1. The van der Waals surface area contributed by atoms with E-state index < -0.39 is 24.3 Å². The van der Waals surface area contributed by atoms with Crippen LogP contribution in [0.25, 0.3) is 0 Å². The highest BCUT2D eigenvalue weighted by Crippen LogP contribution is 2.13. The first-order chi connectivity index (χ1) is 39.6. The molecule has 0 radical (unpaired) electrons. The van der Waals surface area contributed by atoms with Crippen LogP contribution in [0.15, 0.2) is 182 Å². The smallest absolute Gasteiger partial charge is 0.361 e. The number of unbranched alkanes of at least 4 members (excludes halogenated alkanes) is 9. The van der Waals surface area contributed by atoms with E-state index in [2.05, 4.69) is 196 Å². The van der Waals surface area contributed by atoms with Crippen LogP contribution in [0.2, 0.25) is 0 Å².